The number of nitrogens with one attached hydrogen (secondary N) is 1. The highest BCUT2D eigenvalue weighted by atomic mass is 35.5. The van der Waals surface area contributed by atoms with E-state index in [1.807, 2.05) is 42.5 Å². The van der Waals surface area contributed by atoms with Crippen LogP contribution in [0.2, 0.25) is 10.0 Å². The minimum absolute atomic E-state index is 0.678. The van der Waals surface area contributed by atoms with Gasteiger partial charge in [0.05, 0.1) is 16.8 Å². The molecule has 0 saturated heterocycles. The van der Waals surface area contributed by atoms with E-state index in [-0.39, 0.29) is 0 Å². The zero-order valence-electron chi connectivity index (χ0n) is 9.86. The molecule has 0 bridgehead atoms. The summed E-state index contributed by atoms with van der Waals surface area (Å²) in [5, 5.41) is 5.77. The lowest BCUT2D eigenvalue weighted by Crippen LogP contribution is -1.98. The predicted molar refractivity (Wildman–Crippen MR) is 83.4 cm³/mol. The summed E-state index contributed by atoms with van der Waals surface area (Å²) < 4.78 is 1.15. The molecule has 0 aliphatic carbocycles. The molecule has 0 spiro atoms. The van der Waals surface area contributed by atoms with Crippen molar-refractivity contribution in [1.82, 2.24) is 4.98 Å². The van der Waals surface area contributed by atoms with Gasteiger partial charge in [0, 0.05) is 15.7 Å². The Balaban J connectivity index is 1.78. The van der Waals surface area contributed by atoms with Crippen LogP contribution in [-0.2, 0) is 6.54 Å². The Morgan fingerprint density at radius 3 is 2.74 bits per heavy atom. The number of thiazole rings is 1. The van der Waals surface area contributed by atoms with E-state index in [0.29, 0.717) is 11.6 Å². The fourth-order valence-electron chi connectivity index (χ4n) is 1.80. The molecule has 1 aromatic heterocycles. The number of hydrogen-bond acceptors (Lipinski definition) is 3. The second-order valence-corrected chi connectivity index (χ2v) is 6.07. The molecule has 0 radical (unpaired) electrons. The highest BCUT2D eigenvalue weighted by molar-refractivity contribution is 7.18. The molecular weight excluding hydrogens is 299 g/mol. The average molecular weight is 309 g/mol. The van der Waals surface area contributed by atoms with Gasteiger partial charge in [-0.05, 0) is 36.4 Å². The van der Waals surface area contributed by atoms with Gasteiger partial charge in [-0.3, -0.25) is 0 Å². The molecule has 1 heterocycles. The van der Waals surface area contributed by atoms with Gasteiger partial charge in [-0.25, -0.2) is 4.98 Å². The maximum atomic E-state index is 5.95. The zero-order valence-corrected chi connectivity index (χ0v) is 12.2. The molecule has 3 aromatic rings. The highest BCUT2D eigenvalue weighted by Gasteiger charge is 2.04. The van der Waals surface area contributed by atoms with E-state index in [1.165, 1.54) is 0 Å². The first-order valence-electron chi connectivity index (χ1n) is 5.75. The van der Waals surface area contributed by atoms with Crippen LogP contribution in [0, 0.1) is 0 Å². The molecular formula is C14H10Cl2N2S. The molecule has 0 saturated carbocycles. The Labute approximate surface area is 125 Å². The van der Waals surface area contributed by atoms with Crippen LogP contribution < -0.4 is 5.32 Å². The first-order chi connectivity index (χ1) is 9.20. The summed E-state index contributed by atoms with van der Waals surface area (Å²) in [5.74, 6) is 0. The normalized spacial score (nSPS) is 10.8. The summed E-state index contributed by atoms with van der Waals surface area (Å²) in [7, 11) is 0. The van der Waals surface area contributed by atoms with Crippen molar-refractivity contribution in [2.24, 2.45) is 0 Å². The van der Waals surface area contributed by atoms with E-state index in [0.717, 1.165) is 25.9 Å². The van der Waals surface area contributed by atoms with Gasteiger partial charge in [-0.1, -0.05) is 29.3 Å². The van der Waals surface area contributed by atoms with Gasteiger partial charge >= 0.3 is 0 Å². The molecule has 19 heavy (non-hydrogen) atoms. The Bertz CT molecular complexity index is 724. The third kappa shape index (κ3) is 3.00. The first kappa shape index (κ1) is 12.7. The van der Waals surface area contributed by atoms with Crippen LogP contribution in [0.15, 0.2) is 42.5 Å². The zero-order chi connectivity index (χ0) is 13.2. The molecule has 96 valence electrons. The average Bonchev–Trinajstić information content (AvgIpc) is 2.78. The molecule has 0 aliphatic rings. The van der Waals surface area contributed by atoms with Gasteiger partial charge in [0.1, 0.15) is 5.01 Å². The Morgan fingerprint density at radius 1 is 1.05 bits per heavy atom. The fourth-order valence-corrected chi connectivity index (χ4v) is 3.04. The van der Waals surface area contributed by atoms with E-state index >= 15 is 0 Å². The molecule has 3 rings (SSSR count). The van der Waals surface area contributed by atoms with E-state index < -0.39 is 0 Å². The van der Waals surface area contributed by atoms with E-state index in [4.69, 9.17) is 23.2 Å². The van der Waals surface area contributed by atoms with Crippen LogP contribution >= 0.6 is 34.5 Å². The van der Waals surface area contributed by atoms with Crippen molar-refractivity contribution >= 4 is 50.4 Å². The molecule has 0 atom stereocenters. The van der Waals surface area contributed by atoms with Crippen LogP contribution in [0.4, 0.5) is 5.69 Å². The van der Waals surface area contributed by atoms with Gasteiger partial charge < -0.3 is 5.32 Å². The van der Waals surface area contributed by atoms with Crippen molar-refractivity contribution in [3.8, 4) is 0 Å². The third-order valence-corrected chi connectivity index (χ3v) is 4.17. The Hall–Kier alpha value is -1.29. The quantitative estimate of drug-likeness (QED) is 0.718. The van der Waals surface area contributed by atoms with Crippen LogP contribution in [0.1, 0.15) is 5.01 Å². The summed E-state index contributed by atoms with van der Waals surface area (Å²) in [5.41, 5.74) is 1.94. The number of fused-ring (bicyclic) bond motifs is 1. The summed E-state index contributed by atoms with van der Waals surface area (Å²) >= 11 is 13.6. The lowest BCUT2D eigenvalue weighted by Gasteiger charge is -2.03. The van der Waals surface area contributed by atoms with Crippen molar-refractivity contribution in [3.63, 3.8) is 0 Å². The number of hydrogen-bond donors (Lipinski definition) is 1. The standard InChI is InChI=1S/C14H10Cl2N2S/c15-9-2-1-3-11(6-9)17-8-14-18-12-7-10(16)4-5-13(12)19-14/h1-7,17H,8H2. The maximum Gasteiger partial charge on any atom is 0.113 e. The van der Waals surface area contributed by atoms with Crippen LogP contribution in [-0.4, -0.2) is 4.98 Å². The van der Waals surface area contributed by atoms with Gasteiger partial charge in [0.15, 0.2) is 0 Å². The number of benzene rings is 2. The molecule has 2 nitrogen and oxygen atoms in total. The summed E-state index contributed by atoms with van der Waals surface area (Å²) in [6, 6.07) is 13.4. The largest absolute Gasteiger partial charge is 0.378 e. The van der Waals surface area contributed by atoms with Gasteiger partial charge in [-0.15, -0.1) is 11.3 Å². The monoisotopic (exact) mass is 308 g/mol. The van der Waals surface area contributed by atoms with Gasteiger partial charge in [-0.2, -0.15) is 0 Å². The number of anilines is 1. The maximum absolute atomic E-state index is 5.95. The molecule has 5 heteroatoms. The lowest BCUT2D eigenvalue weighted by atomic mass is 10.3. The molecule has 0 fully saturated rings. The van der Waals surface area contributed by atoms with Crippen LogP contribution in [0.25, 0.3) is 10.2 Å². The van der Waals surface area contributed by atoms with E-state index in [2.05, 4.69) is 10.3 Å². The topological polar surface area (TPSA) is 24.9 Å². The van der Waals surface area contributed by atoms with E-state index in [1.54, 1.807) is 11.3 Å². The fraction of sp³-hybridized carbons (Fsp3) is 0.0714. The van der Waals surface area contributed by atoms with Crippen molar-refractivity contribution in [2.45, 2.75) is 6.54 Å². The summed E-state index contributed by atoms with van der Waals surface area (Å²) in [6.07, 6.45) is 0. The van der Waals surface area contributed by atoms with Gasteiger partial charge in [0.2, 0.25) is 0 Å². The minimum Gasteiger partial charge on any atom is -0.378 e. The molecule has 2 aromatic carbocycles. The predicted octanol–water partition coefficient (Wildman–Crippen LogP) is 5.22. The van der Waals surface area contributed by atoms with Crippen molar-refractivity contribution in [1.29, 1.82) is 0 Å². The molecule has 0 amide bonds. The number of halogens is 2. The smallest absolute Gasteiger partial charge is 0.113 e. The third-order valence-electron chi connectivity index (χ3n) is 2.66. The lowest BCUT2D eigenvalue weighted by molar-refractivity contribution is 1.12. The summed E-state index contributed by atoms with van der Waals surface area (Å²) in [4.78, 5) is 4.55. The number of nitrogens with zero attached hydrogens (tertiary/aromatic N) is 1. The second kappa shape index (κ2) is 5.37. The van der Waals surface area contributed by atoms with Crippen molar-refractivity contribution in [2.75, 3.05) is 5.32 Å². The molecule has 0 unspecified atom stereocenters. The van der Waals surface area contributed by atoms with Crippen molar-refractivity contribution in [3.05, 3.63) is 57.5 Å². The number of rotatable bonds is 3. The van der Waals surface area contributed by atoms with E-state index in [9.17, 15) is 0 Å². The first-order valence-corrected chi connectivity index (χ1v) is 7.32. The molecule has 0 aliphatic heterocycles. The SMILES string of the molecule is Clc1cccc(NCc2nc3cc(Cl)ccc3s2)c1. The van der Waals surface area contributed by atoms with Gasteiger partial charge in [0.25, 0.3) is 0 Å². The Kier molecular flexibility index (Phi) is 3.60. The molecule has 1 N–H and O–H groups in total. The minimum atomic E-state index is 0.678. The summed E-state index contributed by atoms with van der Waals surface area (Å²) in [6.45, 7) is 0.678. The highest BCUT2D eigenvalue weighted by Crippen LogP contribution is 2.25. The second-order valence-electron chi connectivity index (χ2n) is 4.08. The van der Waals surface area contributed by atoms with Crippen molar-refractivity contribution < 1.29 is 0 Å². The van der Waals surface area contributed by atoms with Crippen LogP contribution in [0.3, 0.4) is 0 Å². The Morgan fingerprint density at radius 2 is 1.89 bits per heavy atom. The van der Waals surface area contributed by atoms with Crippen LogP contribution in [0.5, 0.6) is 0 Å². The number of aromatic nitrogens is 1.